The Kier molecular flexibility index (Phi) is 7.69. The van der Waals surface area contributed by atoms with E-state index < -0.39 is 0 Å². The summed E-state index contributed by atoms with van der Waals surface area (Å²) < 4.78 is 0. The molecule has 0 saturated carbocycles. The molecule has 2 aromatic rings. The zero-order valence-electron chi connectivity index (χ0n) is 20.1. The number of benzene rings is 2. The lowest BCUT2D eigenvalue weighted by Gasteiger charge is -2.37. The van der Waals surface area contributed by atoms with Crippen molar-refractivity contribution >= 4 is 17.5 Å². The first-order chi connectivity index (χ1) is 16.0. The molecule has 0 N–H and O–H groups in total. The Hall–Kier alpha value is -2.82. The molecule has 0 radical (unpaired) electrons. The van der Waals surface area contributed by atoms with Crippen LogP contribution in [0.3, 0.4) is 0 Å². The number of likely N-dealkylation sites (tertiary alicyclic amines) is 2. The lowest BCUT2D eigenvalue weighted by molar-refractivity contribution is -0.141. The molecular formula is C28H37N3O2. The summed E-state index contributed by atoms with van der Waals surface area (Å²) in [5, 5.41) is 0. The second kappa shape index (κ2) is 10.9. The van der Waals surface area contributed by atoms with Crippen LogP contribution in [0.5, 0.6) is 0 Å². The Morgan fingerprint density at radius 2 is 1.61 bits per heavy atom. The van der Waals surface area contributed by atoms with Crippen molar-refractivity contribution in [1.82, 2.24) is 9.80 Å². The van der Waals surface area contributed by atoms with E-state index >= 15 is 0 Å². The standard InChI is InChI=1S/C28H37N3O2/c1-22-10-12-26(13-11-22)31(20-24-8-4-3-5-9-24)21-27(32)29-17-14-25(15-18-29)28(33)30-16-6-7-23(2)19-30/h3-5,8-13,23,25H,6-7,14-21H2,1-2H3. The van der Waals surface area contributed by atoms with Crippen LogP contribution in [0.25, 0.3) is 0 Å². The minimum Gasteiger partial charge on any atom is -0.358 e. The van der Waals surface area contributed by atoms with Gasteiger partial charge < -0.3 is 14.7 Å². The number of hydrogen-bond donors (Lipinski definition) is 0. The fraction of sp³-hybridized carbons (Fsp3) is 0.500. The van der Waals surface area contributed by atoms with Crippen LogP contribution in [0.1, 0.15) is 43.7 Å². The van der Waals surface area contributed by atoms with E-state index in [1.807, 2.05) is 23.1 Å². The van der Waals surface area contributed by atoms with Gasteiger partial charge >= 0.3 is 0 Å². The van der Waals surface area contributed by atoms with Crippen molar-refractivity contribution in [3.63, 3.8) is 0 Å². The first-order valence-corrected chi connectivity index (χ1v) is 12.4. The normalized spacial score (nSPS) is 19.4. The van der Waals surface area contributed by atoms with Crippen molar-refractivity contribution < 1.29 is 9.59 Å². The molecule has 2 fully saturated rings. The summed E-state index contributed by atoms with van der Waals surface area (Å²) in [4.78, 5) is 32.4. The summed E-state index contributed by atoms with van der Waals surface area (Å²) in [6, 6.07) is 18.7. The molecule has 5 nitrogen and oxygen atoms in total. The number of nitrogens with zero attached hydrogens (tertiary/aromatic N) is 3. The molecule has 2 amide bonds. The second-order valence-electron chi connectivity index (χ2n) is 9.86. The number of aryl methyl sites for hydroxylation is 1. The number of carbonyl (C=O) groups is 2. The number of anilines is 1. The summed E-state index contributed by atoms with van der Waals surface area (Å²) in [5.74, 6) is 1.11. The number of hydrogen-bond acceptors (Lipinski definition) is 3. The predicted molar refractivity (Wildman–Crippen MR) is 133 cm³/mol. The van der Waals surface area contributed by atoms with Crippen LogP contribution in [0.15, 0.2) is 54.6 Å². The van der Waals surface area contributed by atoms with Crippen LogP contribution < -0.4 is 4.90 Å². The average Bonchev–Trinajstić information content (AvgIpc) is 2.84. The summed E-state index contributed by atoms with van der Waals surface area (Å²) >= 11 is 0. The van der Waals surface area contributed by atoms with Crippen molar-refractivity contribution in [3.8, 4) is 0 Å². The third kappa shape index (κ3) is 6.16. The van der Waals surface area contributed by atoms with E-state index in [0.29, 0.717) is 38.0 Å². The van der Waals surface area contributed by atoms with Crippen molar-refractivity contribution in [2.24, 2.45) is 11.8 Å². The van der Waals surface area contributed by atoms with Gasteiger partial charge in [0.15, 0.2) is 0 Å². The number of amides is 2. The Morgan fingerprint density at radius 3 is 2.27 bits per heavy atom. The monoisotopic (exact) mass is 447 g/mol. The molecule has 33 heavy (non-hydrogen) atoms. The van der Waals surface area contributed by atoms with E-state index in [4.69, 9.17) is 0 Å². The highest BCUT2D eigenvalue weighted by molar-refractivity contribution is 5.83. The van der Waals surface area contributed by atoms with Crippen molar-refractivity contribution in [2.75, 3.05) is 37.6 Å². The van der Waals surface area contributed by atoms with Gasteiger partial charge in [0.05, 0.1) is 6.54 Å². The molecule has 0 spiro atoms. The minimum absolute atomic E-state index is 0.0665. The topological polar surface area (TPSA) is 43.9 Å². The molecule has 2 saturated heterocycles. The third-order valence-electron chi connectivity index (χ3n) is 7.11. The van der Waals surface area contributed by atoms with E-state index in [9.17, 15) is 9.59 Å². The molecule has 1 unspecified atom stereocenters. The summed E-state index contributed by atoms with van der Waals surface area (Å²) in [7, 11) is 0. The molecule has 4 rings (SSSR count). The summed E-state index contributed by atoms with van der Waals surface area (Å²) in [6.45, 7) is 8.48. The molecule has 2 heterocycles. The maximum absolute atomic E-state index is 13.2. The largest absolute Gasteiger partial charge is 0.358 e. The molecule has 1 atom stereocenters. The van der Waals surface area contributed by atoms with Gasteiger partial charge in [0, 0.05) is 44.3 Å². The maximum Gasteiger partial charge on any atom is 0.242 e. The summed E-state index contributed by atoms with van der Waals surface area (Å²) in [6.07, 6.45) is 3.88. The van der Waals surface area contributed by atoms with E-state index in [1.54, 1.807) is 0 Å². The highest BCUT2D eigenvalue weighted by atomic mass is 16.2. The molecule has 2 aromatic carbocycles. The van der Waals surface area contributed by atoms with Gasteiger partial charge in [-0.3, -0.25) is 9.59 Å². The van der Waals surface area contributed by atoms with E-state index in [1.165, 1.54) is 17.5 Å². The summed E-state index contributed by atoms with van der Waals surface area (Å²) in [5.41, 5.74) is 3.45. The predicted octanol–water partition coefficient (Wildman–Crippen LogP) is 4.50. The zero-order valence-corrected chi connectivity index (χ0v) is 20.1. The molecule has 176 valence electrons. The Labute approximate surface area is 198 Å². The van der Waals surface area contributed by atoms with Gasteiger partial charge in [-0.15, -0.1) is 0 Å². The molecule has 5 heteroatoms. The quantitative estimate of drug-likeness (QED) is 0.655. The molecule has 2 aliphatic rings. The van der Waals surface area contributed by atoms with Crippen molar-refractivity contribution in [3.05, 3.63) is 65.7 Å². The smallest absolute Gasteiger partial charge is 0.242 e. The van der Waals surface area contributed by atoms with Gasteiger partial charge in [0.25, 0.3) is 0 Å². The van der Waals surface area contributed by atoms with E-state index in [-0.39, 0.29) is 11.8 Å². The molecular weight excluding hydrogens is 410 g/mol. The fourth-order valence-corrected chi connectivity index (χ4v) is 5.08. The van der Waals surface area contributed by atoms with Gasteiger partial charge in [-0.05, 0) is 56.2 Å². The van der Waals surface area contributed by atoms with Gasteiger partial charge in [-0.2, -0.15) is 0 Å². The maximum atomic E-state index is 13.2. The molecule has 0 aromatic heterocycles. The number of carbonyl (C=O) groups excluding carboxylic acids is 2. The van der Waals surface area contributed by atoms with Crippen LogP contribution in [0.4, 0.5) is 5.69 Å². The number of rotatable bonds is 6. The lowest BCUT2D eigenvalue weighted by atomic mass is 9.92. The molecule has 0 bridgehead atoms. The molecule has 0 aliphatic carbocycles. The van der Waals surface area contributed by atoms with Gasteiger partial charge in [0.2, 0.25) is 11.8 Å². The SMILES string of the molecule is Cc1ccc(N(CC(=O)N2CCC(C(=O)N3CCCC(C)C3)CC2)Cc2ccccc2)cc1. The van der Waals surface area contributed by atoms with Crippen LogP contribution in [-0.2, 0) is 16.1 Å². The average molecular weight is 448 g/mol. The Balaban J connectivity index is 1.36. The molecule has 2 aliphatic heterocycles. The van der Waals surface area contributed by atoms with Gasteiger partial charge in [0.1, 0.15) is 0 Å². The fourth-order valence-electron chi connectivity index (χ4n) is 5.08. The van der Waals surface area contributed by atoms with Crippen molar-refractivity contribution in [2.45, 2.75) is 46.1 Å². The van der Waals surface area contributed by atoms with Crippen LogP contribution in [0.2, 0.25) is 0 Å². The number of piperidine rings is 2. The van der Waals surface area contributed by atoms with Gasteiger partial charge in [-0.1, -0.05) is 55.0 Å². The zero-order chi connectivity index (χ0) is 23.2. The van der Waals surface area contributed by atoms with Gasteiger partial charge in [-0.25, -0.2) is 0 Å². The Bertz CT molecular complexity index is 920. The second-order valence-corrected chi connectivity index (χ2v) is 9.86. The van der Waals surface area contributed by atoms with Crippen LogP contribution >= 0.6 is 0 Å². The highest BCUT2D eigenvalue weighted by Crippen LogP contribution is 2.24. The van der Waals surface area contributed by atoms with E-state index in [0.717, 1.165) is 38.0 Å². The highest BCUT2D eigenvalue weighted by Gasteiger charge is 2.32. The first kappa shape index (κ1) is 23.3. The lowest BCUT2D eigenvalue weighted by Crippen LogP contribution is -2.48. The van der Waals surface area contributed by atoms with Crippen LogP contribution in [-0.4, -0.2) is 54.3 Å². The third-order valence-corrected chi connectivity index (χ3v) is 7.11. The minimum atomic E-state index is 0.0665. The van der Waals surface area contributed by atoms with Crippen molar-refractivity contribution in [1.29, 1.82) is 0 Å². The Morgan fingerprint density at radius 1 is 0.909 bits per heavy atom. The van der Waals surface area contributed by atoms with Crippen LogP contribution in [0, 0.1) is 18.8 Å². The van der Waals surface area contributed by atoms with E-state index in [2.05, 4.69) is 60.0 Å². The first-order valence-electron chi connectivity index (χ1n) is 12.4.